The van der Waals surface area contributed by atoms with E-state index in [0.717, 1.165) is 18.2 Å². The lowest BCUT2D eigenvalue weighted by molar-refractivity contribution is -0.127. The quantitative estimate of drug-likeness (QED) is 0.576. The minimum Gasteiger partial charge on any atom is -0.347 e. The second-order valence-electron chi connectivity index (χ2n) is 7.99. The number of nitrogens with zero attached hydrogens (tertiary/aromatic N) is 4. The van der Waals surface area contributed by atoms with Crippen LogP contribution in [0.2, 0.25) is 0 Å². The minimum atomic E-state index is -0.362. The molecule has 1 saturated heterocycles. The third-order valence-corrected chi connectivity index (χ3v) is 7.01. The van der Waals surface area contributed by atoms with Gasteiger partial charge in [0.25, 0.3) is 5.91 Å². The molecule has 3 aromatic rings. The molecule has 2 aliphatic rings. The van der Waals surface area contributed by atoms with E-state index >= 15 is 0 Å². The first-order valence-corrected chi connectivity index (χ1v) is 11.5. The highest BCUT2D eigenvalue weighted by molar-refractivity contribution is 7.21. The number of piperidine rings is 1. The maximum Gasteiger partial charge on any atom is 0.331 e. The Kier molecular flexibility index (Phi) is 5.29. The van der Waals surface area contributed by atoms with Crippen LogP contribution < -0.4 is 15.5 Å². The highest BCUT2D eigenvalue weighted by atomic mass is 32.1. The minimum absolute atomic E-state index is 0.141. The first-order valence-electron chi connectivity index (χ1n) is 10.6. The molecule has 5 rings (SSSR count). The van der Waals surface area contributed by atoms with Gasteiger partial charge in [0.2, 0.25) is 5.91 Å². The van der Waals surface area contributed by atoms with Crippen LogP contribution in [-0.2, 0) is 4.79 Å². The molecule has 2 aliphatic heterocycles. The number of nitrogens with one attached hydrogen (secondary N) is 2. The Morgan fingerprint density at radius 1 is 1.27 bits per heavy atom. The van der Waals surface area contributed by atoms with E-state index < -0.39 is 0 Å². The normalized spacial score (nSPS) is 17.6. The van der Waals surface area contributed by atoms with Gasteiger partial charge in [0, 0.05) is 31.5 Å². The van der Waals surface area contributed by atoms with Crippen LogP contribution in [-0.4, -0.2) is 51.8 Å². The predicted octanol–water partition coefficient (Wildman–Crippen LogP) is 3.59. The fraction of sp³-hybridized carbons (Fsp3) is 0.261. The van der Waals surface area contributed by atoms with E-state index in [4.69, 9.17) is 0 Å². The summed E-state index contributed by atoms with van der Waals surface area (Å²) in [7, 11) is 0. The Morgan fingerprint density at radius 3 is 2.91 bits per heavy atom. The van der Waals surface area contributed by atoms with E-state index in [1.807, 2.05) is 13.0 Å². The SMILES string of the molecule is C=CC(=O)N1CCCC(NC(=O)c2sc3nccc4c3c2NC(=O)N4c2cccnc2C)C1. The maximum absolute atomic E-state index is 13.2. The fourth-order valence-corrected chi connectivity index (χ4v) is 5.39. The maximum atomic E-state index is 13.2. The summed E-state index contributed by atoms with van der Waals surface area (Å²) in [5, 5.41) is 6.65. The Bertz CT molecular complexity index is 1300. The summed E-state index contributed by atoms with van der Waals surface area (Å²) in [6.07, 6.45) is 6.17. The topological polar surface area (TPSA) is 108 Å². The molecule has 0 spiro atoms. The molecule has 10 heteroatoms. The van der Waals surface area contributed by atoms with Gasteiger partial charge in [-0.3, -0.25) is 19.5 Å². The van der Waals surface area contributed by atoms with E-state index in [2.05, 4.69) is 27.2 Å². The number of likely N-dealkylation sites (tertiary alicyclic amines) is 1. The largest absolute Gasteiger partial charge is 0.347 e. The molecule has 4 amide bonds. The van der Waals surface area contributed by atoms with Crippen LogP contribution in [0.4, 0.5) is 21.9 Å². The van der Waals surface area contributed by atoms with Crippen LogP contribution in [0.25, 0.3) is 10.2 Å². The fourth-order valence-electron chi connectivity index (χ4n) is 4.37. The molecule has 0 aliphatic carbocycles. The summed E-state index contributed by atoms with van der Waals surface area (Å²) >= 11 is 1.24. The lowest BCUT2D eigenvalue weighted by atomic mass is 10.1. The van der Waals surface area contributed by atoms with Crippen LogP contribution in [0.3, 0.4) is 0 Å². The second kappa shape index (κ2) is 8.28. The van der Waals surface area contributed by atoms with Crippen LogP contribution in [0, 0.1) is 6.92 Å². The number of aryl methyl sites for hydroxylation is 1. The molecule has 3 aromatic heterocycles. The molecule has 5 heterocycles. The molecule has 1 unspecified atom stereocenters. The zero-order valence-corrected chi connectivity index (χ0v) is 18.8. The van der Waals surface area contributed by atoms with E-state index in [1.54, 1.807) is 34.3 Å². The van der Waals surface area contributed by atoms with Gasteiger partial charge >= 0.3 is 6.03 Å². The molecule has 0 bridgehead atoms. The predicted molar refractivity (Wildman–Crippen MR) is 127 cm³/mol. The van der Waals surface area contributed by atoms with Crippen molar-refractivity contribution in [3.63, 3.8) is 0 Å². The summed E-state index contributed by atoms with van der Waals surface area (Å²) < 4.78 is 0. The number of aromatic nitrogens is 2. The van der Waals surface area contributed by atoms with Crippen molar-refractivity contribution in [2.45, 2.75) is 25.8 Å². The lowest BCUT2D eigenvalue weighted by Crippen LogP contribution is -2.49. The van der Waals surface area contributed by atoms with E-state index in [-0.39, 0.29) is 23.9 Å². The molecular formula is C23H22N6O3S. The van der Waals surface area contributed by atoms with Gasteiger partial charge < -0.3 is 15.5 Å². The van der Waals surface area contributed by atoms with E-state index in [9.17, 15) is 14.4 Å². The van der Waals surface area contributed by atoms with Gasteiger partial charge in [-0.15, -0.1) is 11.3 Å². The van der Waals surface area contributed by atoms with Crippen molar-refractivity contribution in [3.8, 4) is 0 Å². The first-order chi connectivity index (χ1) is 16.0. The van der Waals surface area contributed by atoms with Crippen LogP contribution in [0.15, 0.2) is 43.2 Å². The Labute approximate surface area is 194 Å². The molecule has 0 saturated carbocycles. The summed E-state index contributed by atoms with van der Waals surface area (Å²) in [4.78, 5) is 51.4. The Balaban J connectivity index is 1.49. The third kappa shape index (κ3) is 3.62. The lowest BCUT2D eigenvalue weighted by Gasteiger charge is -2.32. The number of anilines is 3. The number of amides is 4. The first kappa shape index (κ1) is 21.1. The van der Waals surface area contributed by atoms with Crippen molar-refractivity contribution in [1.82, 2.24) is 20.2 Å². The highest BCUT2D eigenvalue weighted by Crippen LogP contribution is 2.45. The van der Waals surface area contributed by atoms with Gasteiger partial charge in [0.15, 0.2) is 0 Å². The number of thiophene rings is 1. The number of pyridine rings is 2. The van der Waals surface area contributed by atoms with Crippen LogP contribution in [0.1, 0.15) is 28.2 Å². The van der Waals surface area contributed by atoms with Crippen molar-refractivity contribution in [1.29, 1.82) is 0 Å². The van der Waals surface area contributed by atoms with Crippen molar-refractivity contribution in [2.75, 3.05) is 23.3 Å². The number of hydrogen-bond acceptors (Lipinski definition) is 6. The second-order valence-corrected chi connectivity index (χ2v) is 8.99. The number of hydrogen-bond donors (Lipinski definition) is 2. The summed E-state index contributed by atoms with van der Waals surface area (Å²) in [6.45, 7) is 6.46. The van der Waals surface area contributed by atoms with Crippen molar-refractivity contribution < 1.29 is 14.4 Å². The number of rotatable bonds is 4. The van der Waals surface area contributed by atoms with E-state index in [0.29, 0.717) is 45.6 Å². The summed E-state index contributed by atoms with van der Waals surface area (Å²) in [5.74, 6) is -0.430. The van der Waals surface area contributed by atoms with E-state index in [1.165, 1.54) is 17.4 Å². The van der Waals surface area contributed by atoms with Crippen molar-refractivity contribution in [2.24, 2.45) is 0 Å². The smallest absolute Gasteiger partial charge is 0.331 e. The molecule has 1 atom stereocenters. The Hall–Kier alpha value is -3.79. The summed E-state index contributed by atoms with van der Waals surface area (Å²) in [5.41, 5.74) is 2.50. The van der Waals surface area contributed by atoms with Gasteiger partial charge in [0.05, 0.1) is 28.1 Å². The molecule has 0 aromatic carbocycles. The van der Waals surface area contributed by atoms with Crippen molar-refractivity contribution in [3.05, 3.63) is 53.8 Å². The monoisotopic (exact) mass is 462 g/mol. The molecule has 33 heavy (non-hydrogen) atoms. The van der Waals surface area contributed by atoms with Gasteiger partial charge in [-0.05, 0) is 44.0 Å². The zero-order chi connectivity index (χ0) is 23.1. The average Bonchev–Trinajstić information content (AvgIpc) is 3.19. The van der Waals surface area contributed by atoms with Crippen LogP contribution >= 0.6 is 11.3 Å². The van der Waals surface area contributed by atoms with Crippen LogP contribution in [0.5, 0.6) is 0 Å². The Morgan fingerprint density at radius 2 is 2.12 bits per heavy atom. The molecule has 0 radical (unpaired) electrons. The number of carbonyl (C=O) groups is 3. The molecule has 2 N–H and O–H groups in total. The third-order valence-electron chi connectivity index (χ3n) is 5.91. The van der Waals surface area contributed by atoms with Crippen molar-refractivity contribution >= 4 is 56.5 Å². The average molecular weight is 463 g/mol. The van der Waals surface area contributed by atoms with Gasteiger partial charge in [-0.1, -0.05) is 6.58 Å². The molecule has 1 fully saturated rings. The van der Waals surface area contributed by atoms with Gasteiger partial charge in [-0.2, -0.15) is 0 Å². The highest BCUT2D eigenvalue weighted by Gasteiger charge is 2.34. The zero-order valence-electron chi connectivity index (χ0n) is 18.0. The van der Waals surface area contributed by atoms with Gasteiger partial charge in [0.1, 0.15) is 9.71 Å². The molecule has 9 nitrogen and oxygen atoms in total. The molecular weight excluding hydrogens is 440 g/mol. The summed E-state index contributed by atoms with van der Waals surface area (Å²) in [6, 6.07) is 4.84. The van der Waals surface area contributed by atoms with Gasteiger partial charge in [-0.25, -0.2) is 9.78 Å². The number of carbonyl (C=O) groups excluding carboxylic acids is 3. The standard InChI is InChI=1S/C23H22N6O3S/c1-3-17(30)28-11-5-6-14(12-28)26-21(31)20-19-18-16(8-10-25-22(18)33-20)29(23(32)27-19)15-7-4-9-24-13(15)2/h3-4,7-10,14H,1,5-6,11-12H2,2H3,(H,26,31)(H,27,32). The number of urea groups is 1. The molecule has 168 valence electrons.